The number of carbonyl (C=O) groups is 1. The fourth-order valence-electron chi connectivity index (χ4n) is 2.45. The van der Waals surface area contributed by atoms with Gasteiger partial charge >= 0.3 is 0 Å². The second-order valence-corrected chi connectivity index (χ2v) is 6.87. The maximum Gasteiger partial charge on any atom is 0.177 e. The van der Waals surface area contributed by atoms with Gasteiger partial charge in [-0.2, -0.15) is 0 Å². The van der Waals surface area contributed by atoms with E-state index in [0.717, 1.165) is 24.0 Å². The first-order valence-corrected chi connectivity index (χ1v) is 8.06. The Morgan fingerprint density at radius 2 is 2.00 bits per heavy atom. The van der Waals surface area contributed by atoms with Crippen LogP contribution in [0, 0.1) is 5.92 Å². The number of nitrogens with two attached hydrogens (primary N) is 1. The average molecular weight is 296 g/mol. The Morgan fingerprint density at radius 3 is 2.50 bits per heavy atom. The molecule has 1 fully saturated rings. The molecule has 0 radical (unpaired) electrons. The zero-order valence-electron chi connectivity index (χ0n) is 12.7. The molecular formula is C15H24N2O2S. The highest BCUT2D eigenvalue weighted by molar-refractivity contribution is 7.19. The third-order valence-corrected chi connectivity index (χ3v) is 4.97. The lowest BCUT2D eigenvalue weighted by Crippen LogP contribution is -2.32. The van der Waals surface area contributed by atoms with Crippen LogP contribution in [0.15, 0.2) is 0 Å². The third kappa shape index (κ3) is 3.08. The van der Waals surface area contributed by atoms with Crippen LogP contribution in [0.1, 0.15) is 50.2 Å². The van der Waals surface area contributed by atoms with Crippen molar-refractivity contribution >= 4 is 27.8 Å². The standard InChI is InChI=1S/C15H24N2O2S/c1-9(2)19-13-12(16)14(11(4)18)20-15(13)17-7-5-10(3)6-8-17/h9-10H,5-8,16H2,1-4H3. The fourth-order valence-corrected chi connectivity index (χ4v) is 3.55. The van der Waals surface area contributed by atoms with Gasteiger partial charge in [0.05, 0.1) is 16.7 Å². The van der Waals surface area contributed by atoms with Crippen LogP contribution in [-0.2, 0) is 0 Å². The Bertz CT molecular complexity index is 488. The number of hydrogen-bond donors (Lipinski definition) is 1. The first-order valence-electron chi connectivity index (χ1n) is 7.25. The van der Waals surface area contributed by atoms with Gasteiger partial charge in [-0.25, -0.2) is 0 Å². The van der Waals surface area contributed by atoms with E-state index < -0.39 is 0 Å². The molecule has 112 valence electrons. The summed E-state index contributed by atoms with van der Waals surface area (Å²) in [6.45, 7) is 9.81. The molecule has 0 unspecified atom stereocenters. The van der Waals surface area contributed by atoms with Crippen LogP contribution in [0.2, 0.25) is 0 Å². The summed E-state index contributed by atoms with van der Waals surface area (Å²) in [5.41, 5.74) is 6.63. The van der Waals surface area contributed by atoms with Gasteiger partial charge in [-0.1, -0.05) is 6.92 Å². The van der Waals surface area contributed by atoms with Crippen molar-refractivity contribution < 1.29 is 9.53 Å². The monoisotopic (exact) mass is 296 g/mol. The lowest BCUT2D eigenvalue weighted by atomic mass is 9.99. The molecule has 0 amide bonds. The maximum absolute atomic E-state index is 11.7. The Balaban J connectivity index is 2.34. The second kappa shape index (κ2) is 6.04. The van der Waals surface area contributed by atoms with Gasteiger partial charge in [0.1, 0.15) is 5.00 Å². The first-order chi connectivity index (χ1) is 9.40. The molecule has 1 aliphatic heterocycles. The lowest BCUT2D eigenvalue weighted by Gasteiger charge is -2.31. The van der Waals surface area contributed by atoms with Crippen molar-refractivity contribution in [3.8, 4) is 5.75 Å². The molecule has 0 aromatic carbocycles. The number of piperidine rings is 1. The van der Waals surface area contributed by atoms with Gasteiger partial charge in [-0.15, -0.1) is 11.3 Å². The summed E-state index contributed by atoms with van der Waals surface area (Å²) in [5, 5.41) is 1.02. The summed E-state index contributed by atoms with van der Waals surface area (Å²) in [5.74, 6) is 1.48. The fraction of sp³-hybridized carbons (Fsp3) is 0.667. The number of nitrogens with zero attached hydrogens (tertiary/aromatic N) is 1. The van der Waals surface area contributed by atoms with Gasteiger partial charge in [0, 0.05) is 20.0 Å². The molecule has 1 saturated heterocycles. The second-order valence-electron chi connectivity index (χ2n) is 5.87. The summed E-state index contributed by atoms with van der Waals surface area (Å²) in [6, 6.07) is 0. The van der Waals surface area contributed by atoms with E-state index >= 15 is 0 Å². The molecule has 1 aromatic heterocycles. The summed E-state index contributed by atoms with van der Waals surface area (Å²) in [7, 11) is 0. The van der Waals surface area contributed by atoms with E-state index in [2.05, 4.69) is 11.8 Å². The van der Waals surface area contributed by atoms with Gasteiger partial charge in [0.15, 0.2) is 11.5 Å². The van der Waals surface area contributed by atoms with Crippen LogP contribution in [0.5, 0.6) is 5.75 Å². The van der Waals surface area contributed by atoms with Gasteiger partial charge < -0.3 is 15.4 Å². The number of thiophene rings is 1. The van der Waals surface area contributed by atoms with Crippen molar-refractivity contribution in [2.75, 3.05) is 23.7 Å². The van der Waals surface area contributed by atoms with Crippen LogP contribution in [0.3, 0.4) is 0 Å². The van der Waals surface area contributed by atoms with Crippen molar-refractivity contribution in [1.82, 2.24) is 0 Å². The largest absolute Gasteiger partial charge is 0.486 e. The molecule has 2 heterocycles. The summed E-state index contributed by atoms with van der Waals surface area (Å²) >= 11 is 1.47. The summed E-state index contributed by atoms with van der Waals surface area (Å²) in [4.78, 5) is 14.6. The molecule has 20 heavy (non-hydrogen) atoms. The average Bonchev–Trinajstić information content (AvgIpc) is 2.68. The van der Waals surface area contributed by atoms with Crippen molar-refractivity contribution in [3.05, 3.63) is 4.88 Å². The van der Waals surface area contributed by atoms with E-state index in [1.807, 2.05) is 13.8 Å². The molecule has 2 N–H and O–H groups in total. The number of carbonyl (C=O) groups excluding carboxylic acids is 1. The normalized spacial score (nSPS) is 16.8. The predicted molar refractivity (Wildman–Crippen MR) is 85.1 cm³/mol. The van der Waals surface area contributed by atoms with Crippen molar-refractivity contribution in [2.45, 2.75) is 46.6 Å². The molecule has 0 bridgehead atoms. The number of nitrogen functional groups attached to an aromatic ring is 1. The number of ether oxygens (including phenoxy) is 1. The SMILES string of the molecule is CC(=O)c1sc(N2CCC(C)CC2)c(OC(C)C)c1N. The zero-order valence-corrected chi connectivity index (χ0v) is 13.5. The highest BCUT2D eigenvalue weighted by Gasteiger charge is 2.26. The van der Waals surface area contributed by atoms with E-state index in [9.17, 15) is 4.79 Å². The van der Waals surface area contributed by atoms with Crippen LogP contribution >= 0.6 is 11.3 Å². The van der Waals surface area contributed by atoms with Crippen LogP contribution in [-0.4, -0.2) is 25.0 Å². The molecule has 0 atom stereocenters. The lowest BCUT2D eigenvalue weighted by molar-refractivity contribution is 0.102. The van der Waals surface area contributed by atoms with E-state index in [0.29, 0.717) is 16.3 Å². The zero-order chi connectivity index (χ0) is 14.9. The van der Waals surface area contributed by atoms with E-state index in [1.165, 1.54) is 24.2 Å². The quantitative estimate of drug-likeness (QED) is 0.863. The Kier molecular flexibility index (Phi) is 4.58. The molecule has 2 rings (SSSR count). The summed E-state index contributed by atoms with van der Waals surface area (Å²) < 4.78 is 5.88. The van der Waals surface area contributed by atoms with Gasteiger partial charge in [0.2, 0.25) is 0 Å². The molecule has 1 aromatic rings. The van der Waals surface area contributed by atoms with Crippen molar-refractivity contribution in [1.29, 1.82) is 0 Å². The molecule has 1 aliphatic rings. The van der Waals surface area contributed by atoms with Gasteiger partial charge in [-0.05, 0) is 32.6 Å². The predicted octanol–water partition coefficient (Wildman–Crippen LogP) is 3.56. The minimum absolute atomic E-state index is 0.0118. The van der Waals surface area contributed by atoms with Gasteiger partial charge in [-0.3, -0.25) is 4.79 Å². The molecular weight excluding hydrogens is 272 g/mol. The maximum atomic E-state index is 11.7. The number of rotatable bonds is 4. The van der Waals surface area contributed by atoms with E-state index in [1.54, 1.807) is 6.92 Å². The van der Waals surface area contributed by atoms with E-state index in [-0.39, 0.29) is 11.9 Å². The number of hydrogen-bond acceptors (Lipinski definition) is 5. The molecule has 0 aliphatic carbocycles. The first kappa shape index (κ1) is 15.2. The van der Waals surface area contributed by atoms with Crippen LogP contribution in [0.4, 0.5) is 10.7 Å². The van der Waals surface area contributed by atoms with E-state index in [4.69, 9.17) is 10.5 Å². The van der Waals surface area contributed by atoms with Crippen LogP contribution in [0.25, 0.3) is 0 Å². The van der Waals surface area contributed by atoms with Crippen LogP contribution < -0.4 is 15.4 Å². The number of anilines is 2. The Hall–Kier alpha value is -1.23. The third-order valence-electron chi connectivity index (χ3n) is 3.63. The van der Waals surface area contributed by atoms with Crippen molar-refractivity contribution in [2.24, 2.45) is 5.92 Å². The molecule has 0 saturated carbocycles. The number of Topliss-reactive ketones (excluding diaryl/α,β-unsaturated/α-hetero) is 1. The Labute approximate surface area is 124 Å². The number of ketones is 1. The minimum atomic E-state index is 0.0118. The smallest absolute Gasteiger partial charge is 0.177 e. The minimum Gasteiger partial charge on any atom is -0.486 e. The summed E-state index contributed by atoms with van der Waals surface area (Å²) in [6.07, 6.45) is 2.40. The highest BCUT2D eigenvalue weighted by atomic mass is 32.1. The van der Waals surface area contributed by atoms with Crippen molar-refractivity contribution in [3.63, 3.8) is 0 Å². The molecule has 0 spiro atoms. The molecule has 4 nitrogen and oxygen atoms in total. The Morgan fingerprint density at radius 1 is 1.40 bits per heavy atom. The topological polar surface area (TPSA) is 55.6 Å². The molecule has 5 heteroatoms. The highest BCUT2D eigenvalue weighted by Crippen LogP contribution is 2.46. The van der Waals surface area contributed by atoms with Gasteiger partial charge in [0.25, 0.3) is 0 Å².